The zero-order chi connectivity index (χ0) is 10.7. The van der Waals surface area contributed by atoms with Gasteiger partial charge in [0.25, 0.3) is 0 Å². The highest BCUT2D eigenvalue weighted by molar-refractivity contribution is 7.08. The second kappa shape index (κ2) is 4.59. The summed E-state index contributed by atoms with van der Waals surface area (Å²) in [4.78, 5) is 0. The number of thiophene rings is 1. The van der Waals surface area contributed by atoms with Gasteiger partial charge >= 0.3 is 0 Å². The first kappa shape index (κ1) is 10.4. The topological polar surface area (TPSA) is 37.8 Å². The Kier molecular flexibility index (Phi) is 3.18. The Balaban J connectivity index is 1.99. The molecule has 0 saturated carbocycles. The monoisotopic (exact) mass is 239 g/mol. The number of aromatic nitrogens is 2. The average Bonchev–Trinajstić information content (AvgIpc) is 2.63. The van der Waals surface area contributed by atoms with Crippen LogP contribution in [0.3, 0.4) is 0 Å². The van der Waals surface area contributed by atoms with Gasteiger partial charge in [0.05, 0.1) is 0 Å². The quantitative estimate of drug-likeness (QED) is 0.895. The maximum Gasteiger partial charge on any atom is 0.151 e. The fourth-order valence-electron chi connectivity index (χ4n) is 1.16. The van der Waals surface area contributed by atoms with Crippen LogP contribution in [0.1, 0.15) is 11.1 Å². The summed E-state index contributed by atoms with van der Waals surface area (Å²) in [6.07, 6.45) is 0. The van der Waals surface area contributed by atoms with E-state index in [0.717, 1.165) is 12.4 Å². The van der Waals surface area contributed by atoms with Gasteiger partial charge in [0.1, 0.15) is 5.82 Å². The maximum absolute atomic E-state index is 5.64. The van der Waals surface area contributed by atoms with Crippen LogP contribution in [0.4, 0.5) is 5.82 Å². The highest BCUT2D eigenvalue weighted by atomic mass is 35.5. The van der Waals surface area contributed by atoms with Gasteiger partial charge in [-0.2, -0.15) is 11.3 Å². The van der Waals surface area contributed by atoms with E-state index in [1.807, 2.05) is 6.07 Å². The number of anilines is 1. The molecule has 2 rings (SSSR count). The summed E-state index contributed by atoms with van der Waals surface area (Å²) in [6, 6.07) is 3.54. The third kappa shape index (κ3) is 2.67. The van der Waals surface area contributed by atoms with Gasteiger partial charge in [0, 0.05) is 6.54 Å². The Morgan fingerprint density at radius 3 is 2.80 bits per heavy atom. The fourth-order valence-corrected chi connectivity index (χ4v) is 2.12. The molecule has 15 heavy (non-hydrogen) atoms. The van der Waals surface area contributed by atoms with Crippen molar-refractivity contribution in [1.29, 1.82) is 0 Å². The van der Waals surface area contributed by atoms with Crippen LogP contribution in [0.5, 0.6) is 0 Å². The first-order chi connectivity index (χ1) is 7.25. The minimum atomic E-state index is 0.410. The standard InChI is InChI=1S/C10H10ClN3S/c1-7-5-15-6-8(7)4-12-10-3-2-9(11)13-14-10/h2-3,5-6H,4H2,1H3,(H,12,14). The van der Waals surface area contributed by atoms with Crippen molar-refractivity contribution in [2.24, 2.45) is 0 Å². The van der Waals surface area contributed by atoms with Gasteiger partial charge in [-0.05, 0) is 40.9 Å². The number of nitrogens with one attached hydrogen (secondary N) is 1. The Morgan fingerprint density at radius 2 is 2.20 bits per heavy atom. The molecule has 2 heterocycles. The van der Waals surface area contributed by atoms with Crippen LogP contribution < -0.4 is 5.32 Å². The molecule has 0 fully saturated rings. The molecule has 0 spiro atoms. The summed E-state index contributed by atoms with van der Waals surface area (Å²) in [5.74, 6) is 0.741. The second-order valence-corrected chi connectivity index (χ2v) is 4.31. The van der Waals surface area contributed by atoms with Crippen LogP contribution in [0, 0.1) is 6.92 Å². The van der Waals surface area contributed by atoms with Crippen LogP contribution in [-0.2, 0) is 6.54 Å². The molecule has 0 amide bonds. The molecule has 1 N–H and O–H groups in total. The van der Waals surface area contributed by atoms with E-state index in [2.05, 4.69) is 33.2 Å². The van der Waals surface area contributed by atoms with E-state index >= 15 is 0 Å². The summed E-state index contributed by atoms with van der Waals surface area (Å²) < 4.78 is 0. The smallest absolute Gasteiger partial charge is 0.151 e. The van der Waals surface area contributed by atoms with Gasteiger partial charge < -0.3 is 5.32 Å². The third-order valence-corrected chi connectivity index (χ3v) is 3.17. The largest absolute Gasteiger partial charge is 0.364 e. The molecule has 0 radical (unpaired) electrons. The lowest BCUT2D eigenvalue weighted by Gasteiger charge is -2.03. The van der Waals surface area contributed by atoms with E-state index in [4.69, 9.17) is 11.6 Å². The minimum Gasteiger partial charge on any atom is -0.364 e. The Hall–Kier alpha value is -1.13. The molecule has 0 aromatic carbocycles. The van der Waals surface area contributed by atoms with Crippen molar-refractivity contribution in [3.63, 3.8) is 0 Å². The van der Waals surface area contributed by atoms with E-state index in [1.165, 1.54) is 11.1 Å². The average molecular weight is 240 g/mol. The van der Waals surface area contributed by atoms with Gasteiger partial charge in [0.2, 0.25) is 0 Å². The van der Waals surface area contributed by atoms with E-state index in [-0.39, 0.29) is 0 Å². The van der Waals surface area contributed by atoms with Crippen LogP contribution in [0.2, 0.25) is 5.15 Å². The van der Waals surface area contributed by atoms with Gasteiger partial charge in [-0.3, -0.25) is 0 Å². The van der Waals surface area contributed by atoms with Crippen LogP contribution in [-0.4, -0.2) is 10.2 Å². The van der Waals surface area contributed by atoms with Crippen molar-refractivity contribution in [2.75, 3.05) is 5.32 Å². The number of nitrogens with zero attached hydrogens (tertiary/aromatic N) is 2. The lowest BCUT2D eigenvalue weighted by Crippen LogP contribution is -2.02. The SMILES string of the molecule is Cc1cscc1CNc1ccc(Cl)nn1. The molecule has 2 aromatic heterocycles. The Labute approximate surface area is 97.1 Å². The molecular weight excluding hydrogens is 230 g/mol. The molecule has 0 aliphatic carbocycles. The molecule has 0 aliphatic rings. The lowest BCUT2D eigenvalue weighted by atomic mass is 10.2. The van der Waals surface area contributed by atoms with Crippen molar-refractivity contribution >= 4 is 28.8 Å². The molecule has 0 bridgehead atoms. The number of hydrogen-bond acceptors (Lipinski definition) is 4. The number of rotatable bonds is 3. The predicted molar refractivity (Wildman–Crippen MR) is 63.4 cm³/mol. The molecular formula is C10H10ClN3S. The number of aryl methyl sites for hydroxylation is 1. The van der Waals surface area contributed by atoms with Crippen LogP contribution in [0.25, 0.3) is 0 Å². The molecule has 0 saturated heterocycles. The van der Waals surface area contributed by atoms with E-state index in [1.54, 1.807) is 17.4 Å². The first-order valence-electron chi connectivity index (χ1n) is 4.50. The van der Waals surface area contributed by atoms with E-state index in [0.29, 0.717) is 5.15 Å². The van der Waals surface area contributed by atoms with Crippen LogP contribution in [0.15, 0.2) is 22.9 Å². The Bertz CT molecular complexity index is 438. The Morgan fingerprint density at radius 1 is 1.33 bits per heavy atom. The maximum atomic E-state index is 5.64. The van der Waals surface area contributed by atoms with Crippen molar-refractivity contribution in [3.05, 3.63) is 39.2 Å². The molecule has 5 heteroatoms. The zero-order valence-electron chi connectivity index (χ0n) is 8.20. The van der Waals surface area contributed by atoms with Crippen molar-refractivity contribution in [1.82, 2.24) is 10.2 Å². The van der Waals surface area contributed by atoms with E-state index in [9.17, 15) is 0 Å². The van der Waals surface area contributed by atoms with Crippen molar-refractivity contribution in [2.45, 2.75) is 13.5 Å². The summed E-state index contributed by atoms with van der Waals surface area (Å²) >= 11 is 7.34. The molecule has 2 aromatic rings. The fraction of sp³-hybridized carbons (Fsp3) is 0.200. The van der Waals surface area contributed by atoms with Gasteiger partial charge in [0.15, 0.2) is 5.15 Å². The third-order valence-electron chi connectivity index (χ3n) is 2.05. The van der Waals surface area contributed by atoms with Gasteiger partial charge in [-0.15, -0.1) is 10.2 Å². The minimum absolute atomic E-state index is 0.410. The van der Waals surface area contributed by atoms with Gasteiger partial charge in [-0.1, -0.05) is 11.6 Å². The highest BCUT2D eigenvalue weighted by Crippen LogP contribution is 2.15. The summed E-state index contributed by atoms with van der Waals surface area (Å²) in [7, 11) is 0. The summed E-state index contributed by atoms with van der Waals surface area (Å²) in [5.41, 5.74) is 2.59. The molecule has 3 nitrogen and oxygen atoms in total. The van der Waals surface area contributed by atoms with Crippen molar-refractivity contribution < 1.29 is 0 Å². The van der Waals surface area contributed by atoms with Crippen LogP contribution >= 0.6 is 22.9 Å². The van der Waals surface area contributed by atoms with E-state index < -0.39 is 0 Å². The van der Waals surface area contributed by atoms with Crippen molar-refractivity contribution in [3.8, 4) is 0 Å². The molecule has 0 atom stereocenters. The molecule has 78 valence electrons. The zero-order valence-corrected chi connectivity index (χ0v) is 9.77. The number of hydrogen-bond donors (Lipinski definition) is 1. The van der Waals surface area contributed by atoms with Gasteiger partial charge in [-0.25, -0.2) is 0 Å². The summed E-state index contributed by atoms with van der Waals surface area (Å²) in [5, 5.41) is 15.5. The second-order valence-electron chi connectivity index (χ2n) is 3.17. The normalized spacial score (nSPS) is 10.3. The number of halogens is 1. The lowest BCUT2D eigenvalue weighted by molar-refractivity contribution is 0.999. The predicted octanol–water partition coefficient (Wildman–Crippen LogP) is 3.11. The molecule has 0 aliphatic heterocycles. The first-order valence-corrected chi connectivity index (χ1v) is 5.82. The highest BCUT2D eigenvalue weighted by Gasteiger charge is 2.00. The summed E-state index contributed by atoms with van der Waals surface area (Å²) in [6.45, 7) is 2.87. The molecule has 0 unspecified atom stereocenters.